The van der Waals surface area contributed by atoms with Gasteiger partial charge in [-0.3, -0.25) is 4.72 Å². The highest BCUT2D eigenvalue weighted by atomic mass is 32.2. The number of sulfonamides is 1. The Labute approximate surface area is 147 Å². The van der Waals surface area contributed by atoms with Gasteiger partial charge in [-0.25, -0.2) is 13.2 Å². The highest BCUT2D eigenvalue weighted by molar-refractivity contribution is 7.92. The van der Waals surface area contributed by atoms with Gasteiger partial charge in [-0.1, -0.05) is 18.2 Å². The molecule has 0 aliphatic heterocycles. The monoisotopic (exact) mass is 389 g/mol. The fourth-order valence-corrected chi connectivity index (χ4v) is 3.06. The number of methoxy groups -OCH3 is 1. The van der Waals surface area contributed by atoms with Gasteiger partial charge in [-0.15, -0.1) is 0 Å². The molecule has 0 aromatic heterocycles. The second-order valence-corrected chi connectivity index (χ2v) is 6.71. The molecule has 0 saturated heterocycles. The SMILES string of the molecule is COC(=O)c1cccc(S(=O)(=O)Nc2ccccc2OCC(F)(F)F)c1. The van der Waals surface area contributed by atoms with E-state index >= 15 is 0 Å². The molecule has 2 rings (SSSR count). The highest BCUT2D eigenvalue weighted by Crippen LogP contribution is 2.28. The number of hydrogen-bond acceptors (Lipinski definition) is 5. The lowest BCUT2D eigenvalue weighted by Gasteiger charge is -2.15. The molecule has 0 amide bonds. The predicted molar refractivity (Wildman–Crippen MR) is 86.6 cm³/mol. The van der Waals surface area contributed by atoms with Crippen molar-refractivity contribution in [2.45, 2.75) is 11.1 Å². The predicted octanol–water partition coefficient (Wildman–Crippen LogP) is 3.22. The third-order valence-corrected chi connectivity index (χ3v) is 4.45. The first-order chi connectivity index (χ1) is 12.1. The van der Waals surface area contributed by atoms with Gasteiger partial charge in [0, 0.05) is 0 Å². The van der Waals surface area contributed by atoms with Crippen molar-refractivity contribution >= 4 is 21.7 Å². The van der Waals surface area contributed by atoms with Crippen LogP contribution in [0.4, 0.5) is 18.9 Å². The van der Waals surface area contributed by atoms with Gasteiger partial charge in [0.1, 0.15) is 5.75 Å². The van der Waals surface area contributed by atoms with Gasteiger partial charge in [0.25, 0.3) is 10.0 Å². The lowest BCUT2D eigenvalue weighted by atomic mass is 10.2. The number of nitrogens with one attached hydrogen (secondary N) is 1. The van der Waals surface area contributed by atoms with Crippen molar-refractivity contribution in [3.05, 3.63) is 54.1 Å². The molecular formula is C16H14F3NO5S. The number of benzene rings is 2. The number of alkyl halides is 3. The topological polar surface area (TPSA) is 81.7 Å². The average Bonchev–Trinajstić information content (AvgIpc) is 2.59. The molecule has 6 nitrogen and oxygen atoms in total. The van der Waals surface area contributed by atoms with Crippen molar-refractivity contribution in [2.24, 2.45) is 0 Å². The maximum absolute atomic E-state index is 12.5. The van der Waals surface area contributed by atoms with Gasteiger partial charge in [0.15, 0.2) is 6.61 Å². The van der Waals surface area contributed by atoms with E-state index in [1.165, 1.54) is 42.5 Å². The Morgan fingerprint density at radius 1 is 1.12 bits per heavy atom. The smallest absolute Gasteiger partial charge is 0.422 e. The number of carbonyl (C=O) groups excluding carboxylic acids is 1. The van der Waals surface area contributed by atoms with E-state index in [2.05, 4.69) is 14.2 Å². The third kappa shape index (κ3) is 5.12. The highest BCUT2D eigenvalue weighted by Gasteiger charge is 2.29. The Kier molecular flexibility index (Phi) is 5.76. The van der Waals surface area contributed by atoms with Crippen molar-refractivity contribution in [1.82, 2.24) is 0 Å². The zero-order valence-corrected chi connectivity index (χ0v) is 14.2. The third-order valence-electron chi connectivity index (χ3n) is 3.09. The fraction of sp³-hybridized carbons (Fsp3) is 0.188. The molecule has 140 valence electrons. The van der Waals surface area contributed by atoms with Gasteiger partial charge in [-0.2, -0.15) is 13.2 Å². The molecule has 0 fully saturated rings. The normalized spacial score (nSPS) is 11.7. The van der Waals surface area contributed by atoms with Crippen LogP contribution < -0.4 is 9.46 Å². The molecule has 0 unspecified atom stereocenters. The van der Waals surface area contributed by atoms with Crippen molar-refractivity contribution in [2.75, 3.05) is 18.4 Å². The van der Waals surface area contributed by atoms with Gasteiger partial charge in [0.2, 0.25) is 0 Å². The number of esters is 1. The van der Waals surface area contributed by atoms with Crippen LogP contribution in [0.1, 0.15) is 10.4 Å². The van der Waals surface area contributed by atoms with Gasteiger partial charge < -0.3 is 9.47 Å². The largest absolute Gasteiger partial charge is 0.482 e. The van der Waals surface area contributed by atoms with E-state index in [1.807, 2.05) is 0 Å². The number of hydrogen-bond donors (Lipinski definition) is 1. The number of ether oxygens (including phenoxy) is 2. The lowest BCUT2D eigenvalue weighted by molar-refractivity contribution is -0.153. The van der Waals surface area contributed by atoms with Crippen LogP contribution in [-0.4, -0.2) is 34.3 Å². The van der Waals surface area contributed by atoms with Crippen LogP contribution in [-0.2, 0) is 14.8 Å². The maximum atomic E-state index is 12.5. The Bertz CT molecular complexity index is 897. The van der Waals surface area contributed by atoms with E-state index in [-0.39, 0.29) is 21.9 Å². The molecule has 2 aromatic carbocycles. The summed E-state index contributed by atoms with van der Waals surface area (Å²) in [5.41, 5.74) is -0.155. The summed E-state index contributed by atoms with van der Waals surface area (Å²) in [7, 11) is -3.02. The summed E-state index contributed by atoms with van der Waals surface area (Å²) in [6.45, 7) is -1.57. The summed E-state index contributed by atoms with van der Waals surface area (Å²) >= 11 is 0. The van der Waals surface area contributed by atoms with Crippen molar-refractivity contribution in [3.8, 4) is 5.75 Å². The van der Waals surface area contributed by atoms with Crippen LogP contribution in [0.15, 0.2) is 53.4 Å². The number of para-hydroxylation sites is 2. The quantitative estimate of drug-likeness (QED) is 0.768. The standard InChI is InChI=1S/C16H14F3NO5S/c1-24-15(21)11-5-4-6-12(9-11)26(22,23)20-13-7-2-3-8-14(13)25-10-16(17,18)19/h2-9,20H,10H2,1H3. The average molecular weight is 389 g/mol. The van der Waals surface area contributed by atoms with Crippen molar-refractivity contribution in [3.63, 3.8) is 0 Å². The number of carbonyl (C=O) groups is 1. The van der Waals surface area contributed by atoms with E-state index in [0.717, 1.165) is 13.2 Å². The molecule has 2 aromatic rings. The van der Waals surface area contributed by atoms with Crippen LogP contribution in [0.5, 0.6) is 5.75 Å². The van der Waals surface area contributed by atoms with E-state index in [9.17, 15) is 26.4 Å². The van der Waals surface area contributed by atoms with Crippen molar-refractivity contribution < 1.29 is 35.9 Å². The van der Waals surface area contributed by atoms with Crippen LogP contribution in [0, 0.1) is 0 Å². The first-order valence-corrected chi connectivity index (χ1v) is 8.60. The Balaban J connectivity index is 2.29. The van der Waals surface area contributed by atoms with Gasteiger partial charge >= 0.3 is 12.1 Å². The molecule has 1 N–H and O–H groups in total. The molecule has 0 aliphatic carbocycles. The van der Waals surface area contributed by atoms with Crippen LogP contribution >= 0.6 is 0 Å². The Morgan fingerprint density at radius 2 is 1.81 bits per heavy atom. The fourth-order valence-electron chi connectivity index (χ4n) is 1.95. The molecule has 26 heavy (non-hydrogen) atoms. The number of rotatable bonds is 6. The summed E-state index contributed by atoms with van der Waals surface area (Å²) in [4.78, 5) is 11.3. The molecule has 10 heteroatoms. The maximum Gasteiger partial charge on any atom is 0.422 e. The second-order valence-electron chi connectivity index (χ2n) is 5.02. The molecule has 0 radical (unpaired) electrons. The minimum absolute atomic E-state index is 0.0111. The van der Waals surface area contributed by atoms with E-state index < -0.39 is 28.8 Å². The lowest BCUT2D eigenvalue weighted by Crippen LogP contribution is -2.20. The molecule has 0 saturated carbocycles. The Hall–Kier alpha value is -2.75. The van der Waals surface area contributed by atoms with Gasteiger partial charge in [0.05, 0.1) is 23.3 Å². The van der Waals surface area contributed by atoms with Gasteiger partial charge in [-0.05, 0) is 30.3 Å². The molecular weight excluding hydrogens is 375 g/mol. The first-order valence-electron chi connectivity index (χ1n) is 7.12. The first kappa shape index (κ1) is 19.6. The minimum Gasteiger partial charge on any atom is -0.482 e. The van der Waals surface area contributed by atoms with E-state index in [0.29, 0.717) is 0 Å². The van der Waals surface area contributed by atoms with Crippen LogP contribution in [0.2, 0.25) is 0 Å². The second kappa shape index (κ2) is 7.65. The van der Waals surface area contributed by atoms with Crippen LogP contribution in [0.25, 0.3) is 0 Å². The number of anilines is 1. The zero-order chi connectivity index (χ0) is 19.4. The zero-order valence-electron chi connectivity index (χ0n) is 13.4. The van der Waals surface area contributed by atoms with Crippen molar-refractivity contribution in [1.29, 1.82) is 0 Å². The van der Waals surface area contributed by atoms with Crippen LogP contribution in [0.3, 0.4) is 0 Å². The summed E-state index contributed by atoms with van der Waals surface area (Å²) in [5, 5.41) is 0. The molecule has 0 heterocycles. The summed E-state index contributed by atoms with van der Waals surface area (Å²) < 4.78 is 73.2. The minimum atomic E-state index is -4.57. The molecule has 0 aliphatic rings. The Morgan fingerprint density at radius 3 is 2.46 bits per heavy atom. The summed E-state index contributed by atoms with van der Waals surface area (Å²) in [6, 6.07) is 10.3. The molecule has 0 spiro atoms. The summed E-state index contributed by atoms with van der Waals surface area (Å²) in [6.07, 6.45) is -4.57. The molecule has 0 atom stereocenters. The summed E-state index contributed by atoms with van der Waals surface area (Å²) in [5.74, 6) is -1.01. The number of halogens is 3. The van der Waals surface area contributed by atoms with E-state index in [1.54, 1.807) is 0 Å². The molecule has 0 bridgehead atoms. The van der Waals surface area contributed by atoms with E-state index in [4.69, 9.17) is 0 Å².